The van der Waals surface area contributed by atoms with Crippen molar-refractivity contribution in [3.63, 3.8) is 0 Å². The van der Waals surface area contributed by atoms with E-state index in [4.69, 9.17) is 28.3 Å². The van der Waals surface area contributed by atoms with E-state index in [1.807, 2.05) is 0 Å². The Morgan fingerprint density at radius 2 is 2.23 bits per heavy atom. The zero-order chi connectivity index (χ0) is 10.0. The molecule has 70 valence electrons. The summed E-state index contributed by atoms with van der Waals surface area (Å²) in [5, 5.41) is 11.5. The number of hydrogen-bond donors (Lipinski definition) is 2. The van der Waals surface area contributed by atoms with Crippen molar-refractivity contribution in [2.45, 2.75) is 0 Å². The second-order valence-corrected chi connectivity index (χ2v) is 2.98. The first-order chi connectivity index (χ1) is 6.06. The molecule has 0 aliphatic heterocycles. The summed E-state index contributed by atoms with van der Waals surface area (Å²) in [6.07, 6.45) is 0. The van der Waals surface area contributed by atoms with Crippen molar-refractivity contribution in [2.24, 2.45) is 0 Å². The third-order valence-electron chi connectivity index (χ3n) is 1.40. The van der Waals surface area contributed by atoms with Gasteiger partial charge in [-0.05, 0) is 0 Å². The highest BCUT2D eigenvalue weighted by Gasteiger charge is 2.14. The summed E-state index contributed by atoms with van der Waals surface area (Å²) < 4.78 is 0. The molecule has 13 heavy (non-hydrogen) atoms. The van der Waals surface area contributed by atoms with Crippen LogP contribution in [0.1, 0.15) is 10.5 Å². The minimum absolute atomic E-state index is 0.0550. The summed E-state index contributed by atoms with van der Waals surface area (Å²) >= 11 is 11.3. The Balaban J connectivity index is 3.35. The Morgan fingerprint density at radius 1 is 1.62 bits per heavy atom. The van der Waals surface area contributed by atoms with E-state index in [2.05, 4.69) is 10.3 Å². The van der Waals surface area contributed by atoms with Crippen LogP contribution in [0.25, 0.3) is 0 Å². The monoisotopic (exact) mass is 220 g/mol. The predicted octanol–water partition coefficient (Wildman–Crippen LogP) is 2.13. The number of carboxylic acid groups (broad SMARTS) is 1. The van der Waals surface area contributed by atoms with Crippen LogP contribution in [0.3, 0.4) is 0 Å². The third-order valence-corrected chi connectivity index (χ3v) is 1.97. The first-order valence-electron chi connectivity index (χ1n) is 3.33. The van der Waals surface area contributed by atoms with E-state index in [1.165, 1.54) is 6.07 Å². The lowest BCUT2D eigenvalue weighted by atomic mass is 10.3. The van der Waals surface area contributed by atoms with Gasteiger partial charge in [-0.2, -0.15) is 0 Å². The van der Waals surface area contributed by atoms with Crippen molar-refractivity contribution in [3.8, 4) is 0 Å². The van der Waals surface area contributed by atoms with Gasteiger partial charge in [0.05, 0.1) is 10.7 Å². The quantitative estimate of drug-likeness (QED) is 0.751. The number of carboxylic acids is 1. The second kappa shape index (κ2) is 3.81. The predicted molar refractivity (Wildman–Crippen MR) is 50.8 cm³/mol. The maximum atomic E-state index is 10.6. The fourth-order valence-corrected chi connectivity index (χ4v) is 1.29. The number of aromatic carboxylic acids is 1. The normalized spacial score (nSPS) is 9.77. The zero-order valence-electron chi connectivity index (χ0n) is 6.64. The van der Waals surface area contributed by atoms with Gasteiger partial charge < -0.3 is 10.4 Å². The number of carbonyl (C=O) groups is 1. The molecule has 0 aromatic carbocycles. The molecule has 1 aromatic heterocycles. The first-order valence-corrected chi connectivity index (χ1v) is 4.09. The summed E-state index contributed by atoms with van der Waals surface area (Å²) in [4.78, 5) is 14.2. The van der Waals surface area contributed by atoms with E-state index in [-0.39, 0.29) is 15.9 Å². The van der Waals surface area contributed by atoms with E-state index >= 15 is 0 Å². The maximum absolute atomic E-state index is 10.6. The molecule has 0 aliphatic rings. The smallest absolute Gasteiger partial charge is 0.356 e. The molecule has 0 bridgehead atoms. The number of anilines is 1. The Hall–Kier alpha value is -1.00. The molecule has 0 fully saturated rings. The fourth-order valence-electron chi connectivity index (χ4n) is 0.822. The second-order valence-electron chi connectivity index (χ2n) is 2.21. The van der Waals surface area contributed by atoms with Crippen LogP contribution in [0.5, 0.6) is 0 Å². The van der Waals surface area contributed by atoms with Crippen LogP contribution in [0.4, 0.5) is 5.69 Å². The minimum atomic E-state index is -1.20. The van der Waals surface area contributed by atoms with Gasteiger partial charge in [0.15, 0.2) is 5.69 Å². The summed E-state index contributed by atoms with van der Waals surface area (Å²) in [5.74, 6) is -1.20. The molecule has 0 saturated heterocycles. The van der Waals surface area contributed by atoms with Crippen LogP contribution in [0.2, 0.25) is 10.2 Å². The van der Waals surface area contributed by atoms with Gasteiger partial charge >= 0.3 is 5.97 Å². The van der Waals surface area contributed by atoms with Gasteiger partial charge in [-0.25, -0.2) is 9.78 Å². The van der Waals surface area contributed by atoms with E-state index in [0.29, 0.717) is 5.69 Å². The molecule has 0 unspecified atom stereocenters. The number of rotatable bonds is 2. The number of halogens is 2. The molecule has 0 saturated carbocycles. The van der Waals surface area contributed by atoms with Crippen molar-refractivity contribution < 1.29 is 9.90 Å². The number of hydrogen-bond acceptors (Lipinski definition) is 3. The molecule has 0 radical (unpaired) electrons. The Morgan fingerprint density at radius 3 is 2.69 bits per heavy atom. The van der Waals surface area contributed by atoms with Crippen LogP contribution >= 0.6 is 23.2 Å². The molecular formula is C7H6Cl2N2O2. The van der Waals surface area contributed by atoms with Crippen LogP contribution in [-0.2, 0) is 0 Å². The number of pyridine rings is 1. The molecule has 0 atom stereocenters. The van der Waals surface area contributed by atoms with Crippen LogP contribution in [0.15, 0.2) is 6.07 Å². The lowest BCUT2D eigenvalue weighted by Gasteiger charge is -2.05. The average Bonchev–Trinajstić information content (AvgIpc) is 2.08. The first kappa shape index (κ1) is 10.1. The van der Waals surface area contributed by atoms with Gasteiger partial charge in [0.2, 0.25) is 0 Å². The van der Waals surface area contributed by atoms with Crippen molar-refractivity contribution in [2.75, 3.05) is 12.4 Å². The van der Waals surface area contributed by atoms with Gasteiger partial charge in [-0.15, -0.1) is 0 Å². The van der Waals surface area contributed by atoms with Gasteiger partial charge in [0.1, 0.15) is 5.15 Å². The fraction of sp³-hybridized carbons (Fsp3) is 0.143. The van der Waals surface area contributed by atoms with Gasteiger partial charge in [0, 0.05) is 13.1 Å². The van der Waals surface area contributed by atoms with Crippen molar-refractivity contribution >= 4 is 34.9 Å². The standard InChI is InChI=1S/C7H6Cl2N2O2/c1-10-3-2-4(8)11-6(5(3)9)7(12)13/h2H,1H3,(H,10,11)(H,12,13). The SMILES string of the molecule is CNc1cc(Cl)nc(C(=O)O)c1Cl. The Kier molecular flexibility index (Phi) is 2.95. The van der Waals surface area contributed by atoms with Crippen molar-refractivity contribution in [1.82, 2.24) is 4.98 Å². The van der Waals surface area contributed by atoms with Crippen LogP contribution in [0, 0.1) is 0 Å². The van der Waals surface area contributed by atoms with E-state index < -0.39 is 5.97 Å². The van der Waals surface area contributed by atoms with E-state index in [9.17, 15) is 4.79 Å². The van der Waals surface area contributed by atoms with Crippen LogP contribution in [-0.4, -0.2) is 23.1 Å². The molecule has 1 rings (SSSR count). The third kappa shape index (κ3) is 2.02. The largest absolute Gasteiger partial charge is 0.476 e. The lowest BCUT2D eigenvalue weighted by molar-refractivity contribution is 0.0691. The van der Waals surface area contributed by atoms with E-state index in [0.717, 1.165) is 0 Å². The van der Waals surface area contributed by atoms with Crippen LogP contribution < -0.4 is 5.32 Å². The minimum Gasteiger partial charge on any atom is -0.476 e. The molecule has 1 heterocycles. The molecular weight excluding hydrogens is 215 g/mol. The summed E-state index contributed by atoms with van der Waals surface area (Å²) in [5.41, 5.74) is 0.192. The van der Waals surface area contributed by atoms with Crippen molar-refractivity contribution in [3.05, 3.63) is 21.9 Å². The highest BCUT2D eigenvalue weighted by molar-refractivity contribution is 6.37. The molecule has 4 nitrogen and oxygen atoms in total. The number of nitrogens with one attached hydrogen (secondary N) is 1. The van der Waals surface area contributed by atoms with Gasteiger partial charge in [0.25, 0.3) is 0 Å². The summed E-state index contributed by atoms with van der Waals surface area (Å²) in [7, 11) is 1.61. The number of nitrogens with zero attached hydrogens (tertiary/aromatic N) is 1. The molecule has 1 aromatic rings. The summed E-state index contributed by atoms with van der Waals surface area (Å²) in [6, 6.07) is 1.45. The topological polar surface area (TPSA) is 62.2 Å². The zero-order valence-corrected chi connectivity index (χ0v) is 8.15. The maximum Gasteiger partial charge on any atom is 0.356 e. The number of aromatic nitrogens is 1. The van der Waals surface area contributed by atoms with Crippen molar-refractivity contribution in [1.29, 1.82) is 0 Å². The molecule has 0 aliphatic carbocycles. The van der Waals surface area contributed by atoms with Gasteiger partial charge in [-0.1, -0.05) is 23.2 Å². The highest BCUT2D eigenvalue weighted by Crippen LogP contribution is 2.26. The summed E-state index contributed by atoms with van der Waals surface area (Å²) in [6.45, 7) is 0. The van der Waals surface area contributed by atoms with Gasteiger partial charge in [-0.3, -0.25) is 0 Å². The Labute approximate surface area is 84.5 Å². The highest BCUT2D eigenvalue weighted by atomic mass is 35.5. The average molecular weight is 221 g/mol. The molecule has 0 spiro atoms. The molecule has 0 amide bonds. The molecule has 6 heteroatoms. The Bertz CT molecular complexity index is 355. The lowest BCUT2D eigenvalue weighted by Crippen LogP contribution is -2.04. The van der Waals surface area contributed by atoms with E-state index in [1.54, 1.807) is 7.05 Å². The molecule has 2 N–H and O–H groups in total.